The van der Waals surface area contributed by atoms with Gasteiger partial charge in [-0.25, -0.2) is 14.4 Å². The van der Waals surface area contributed by atoms with Gasteiger partial charge in [-0.3, -0.25) is 9.69 Å². The van der Waals surface area contributed by atoms with Crippen molar-refractivity contribution in [3.8, 4) is 0 Å². The highest BCUT2D eigenvalue weighted by atomic mass is 28.4. The number of rotatable bonds is 42. The van der Waals surface area contributed by atoms with Crippen LogP contribution in [0.5, 0.6) is 0 Å². The van der Waals surface area contributed by atoms with Crippen LogP contribution >= 0.6 is 0 Å². The Balaban J connectivity index is 4.79. The third-order valence-electron chi connectivity index (χ3n) is 11.8. The fraction of sp³-hybridized carbons (Fsp3) is 0.902. The Hall–Kier alpha value is -2.13. The van der Waals surface area contributed by atoms with Crippen LogP contribution in [0.2, 0.25) is 24.2 Å². The Labute approximate surface area is 406 Å². The Bertz CT molecular complexity index is 1240. The van der Waals surface area contributed by atoms with Crippen molar-refractivity contribution < 1.29 is 72.3 Å². The van der Waals surface area contributed by atoms with E-state index in [1.54, 1.807) is 95.1 Å². The molecule has 0 aromatic carbocycles. The van der Waals surface area contributed by atoms with Gasteiger partial charge in [0, 0.05) is 169 Å². The molecular formula is C41H90N6O16Si4. The number of hydrogen-bond donors (Lipinski definition) is 3. The van der Waals surface area contributed by atoms with E-state index in [4.69, 9.17) is 53.1 Å². The molecule has 0 bridgehead atoms. The van der Waals surface area contributed by atoms with Crippen LogP contribution in [0, 0.1) is 0 Å². The van der Waals surface area contributed by atoms with E-state index >= 15 is 0 Å². The van der Waals surface area contributed by atoms with Crippen LogP contribution in [0.1, 0.15) is 84.0 Å². The minimum atomic E-state index is -2.79. The average molecular weight is 1040 g/mol. The molecule has 0 fully saturated rings. The van der Waals surface area contributed by atoms with Crippen molar-refractivity contribution >= 4 is 59.2 Å². The molecule has 22 nitrogen and oxygen atoms in total. The summed E-state index contributed by atoms with van der Waals surface area (Å²) >= 11 is 0. The van der Waals surface area contributed by atoms with E-state index in [-0.39, 0.29) is 18.0 Å². The largest absolute Gasteiger partial charge is 0.500 e. The maximum Gasteiger partial charge on any atom is 0.500 e. The van der Waals surface area contributed by atoms with Crippen LogP contribution < -0.4 is 16.0 Å². The summed E-state index contributed by atoms with van der Waals surface area (Å²) < 4.78 is 66.6. The lowest BCUT2D eigenvalue weighted by Gasteiger charge is -2.28. The maximum atomic E-state index is 13.3. The van der Waals surface area contributed by atoms with Gasteiger partial charge in [0.1, 0.15) is 0 Å². The zero-order chi connectivity index (χ0) is 50.6. The van der Waals surface area contributed by atoms with Crippen LogP contribution in [-0.4, -0.2) is 212 Å². The minimum Gasteiger partial charge on any atom is -0.377 e. The summed E-state index contributed by atoms with van der Waals surface area (Å²) in [6.07, 6.45) is 8.76. The van der Waals surface area contributed by atoms with Gasteiger partial charge in [-0.05, 0) is 51.4 Å². The highest BCUT2D eigenvalue weighted by Gasteiger charge is 2.40. The molecule has 0 aromatic rings. The molecule has 396 valence electrons. The van der Waals surface area contributed by atoms with Crippen LogP contribution in [0.15, 0.2) is 0 Å². The van der Waals surface area contributed by atoms with E-state index in [1.807, 2.05) is 0 Å². The highest BCUT2D eigenvalue weighted by Crippen LogP contribution is 2.20. The lowest BCUT2D eigenvalue weighted by atomic mass is 10.2. The van der Waals surface area contributed by atoms with Gasteiger partial charge in [0.25, 0.3) is 0 Å². The summed E-state index contributed by atoms with van der Waals surface area (Å²) in [5.74, 6) is -0.313. The van der Waals surface area contributed by atoms with Crippen LogP contribution in [-0.2, 0) is 57.9 Å². The summed E-state index contributed by atoms with van der Waals surface area (Å²) in [4.78, 5) is 56.6. The summed E-state index contributed by atoms with van der Waals surface area (Å²) in [6.45, 7) is 5.07. The number of nitrogens with zero attached hydrogens (tertiary/aromatic N) is 3. The van der Waals surface area contributed by atoms with Gasteiger partial charge < -0.3 is 78.9 Å². The van der Waals surface area contributed by atoms with Gasteiger partial charge in [0.05, 0.1) is 0 Å². The summed E-state index contributed by atoms with van der Waals surface area (Å²) in [5.41, 5.74) is 0. The molecule has 0 heterocycles. The van der Waals surface area contributed by atoms with E-state index in [1.165, 1.54) is 11.8 Å². The SMILES string of the molecule is CO[Si](CCCN(CCC[Si](OC)(OC)OC)C(=O)NCCCCCCNC(=O)N(CCCCCCNC(=O)N(CCC[Si](OC)(OC)OC)CCC[Si](OC)(OC)OC)C(C)=O)(OC)OC. The predicted molar refractivity (Wildman–Crippen MR) is 262 cm³/mol. The number of amides is 7. The number of hydrogen-bond acceptors (Lipinski definition) is 16. The lowest BCUT2D eigenvalue weighted by molar-refractivity contribution is -0.126. The topological polar surface area (TPSA) is 225 Å². The average Bonchev–Trinajstić information content (AvgIpc) is 3.35. The third kappa shape index (κ3) is 25.0. The fourth-order valence-electron chi connectivity index (χ4n) is 7.46. The molecule has 0 atom stereocenters. The number of carbonyl (C=O) groups excluding carboxylic acids is 4. The van der Waals surface area contributed by atoms with Crippen molar-refractivity contribution in [2.75, 3.05) is 138 Å². The van der Waals surface area contributed by atoms with E-state index < -0.39 is 41.2 Å². The minimum absolute atomic E-state index is 0.160. The Morgan fingerprint density at radius 2 is 0.567 bits per heavy atom. The molecule has 0 saturated carbocycles. The summed E-state index contributed by atoms with van der Waals surface area (Å²) in [7, 11) is 7.73. The first-order valence-corrected chi connectivity index (χ1v) is 31.1. The first-order valence-electron chi connectivity index (χ1n) is 23.4. The molecule has 7 amide bonds. The van der Waals surface area contributed by atoms with Crippen LogP contribution in [0.3, 0.4) is 0 Å². The second-order valence-corrected chi connectivity index (χ2v) is 28.1. The second-order valence-electron chi connectivity index (χ2n) is 15.8. The van der Waals surface area contributed by atoms with Crippen molar-refractivity contribution in [1.82, 2.24) is 30.7 Å². The van der Waals surface area contributed by atoms with E-state index in [9.17, 15) is 19.2 Å². The van der Waals surface area contributed by atoms with Gasteiger partial charge in [-0.15, -0.1) is 0 Å². The number of carbonyl (C=O) groups is 4. The highest BCUT2D eigenvalue weighted by molar-refractivity contribution is 6.61. The van der Waals surface area contributed by atoms with Crippen LogP contribution in [0.4, 0.5) is 14.4 Å². The number of urea groups is 3. The fourth-order valence-corrected chi connectivity index (χ4v) is 14.3. The first kappa shape index (κ1) is 64.9. The van der Waals surface area contributed by atoms with E-state index in [0.717, 1.165) is 44.9 Å². The molecule has 0 unspecified atom stereocenters. The zero-order valence-electron chi connectivity index (χ0n) is 43.3. The van der Waals surface area contributed by atoms with Crippen LogP contribution in [0.25, 0.3) is 0 Å². The molecule has 0 saturated heterocycles. The number of imide groups is 1. The predicted octanol–water partition coefficient (Wildman–Crippen LogP) is 4.76. The molecule has 0 aromatic heterocycles. The molecule has 3 N–H and O–H groups in total. The monoisotopic (exact) mass is 1030 g/mol. The van der Waals surface area contributed by atoms with E-state index in [0.29, 0.717) is 109 Å². The van der Waals surface area contributed by atoms with Crippen molar-refractivity contribution in [3.05, 3.63) is 0 Å². The molecule has 0 aliphatic heterocycles. The number of nitrogens with one attached hydrogen (secondary N) is 3. The quantitative estimate of drug-likeness (QED) is 0.0554. The molecule has 67 heavy (non-hydrogen) atoms. The number of unbranched alkanes of at least 4 members (excludes halogenated alkanes) is 6. The van der Waals surface area contributed by atoms with Gasteiger partial charge in [-0.2, -0.15) is 0 Å². The molecule has 0 radical (unpaired) electrons. The van der Waals surface area contributed by atoms with Gasteiger partial charge in [0.2, 0.25) is 5.91 Å². The van der Waals surface area contributed by atoms with Crippen molar-refractivity contribution in [1.29, 1.82) is 0 Å². The standard InChI is InChI=1S/C41H90N6O16Si4/c1-38(48)47(33-21-17-16-20-27-43-40(50)46(31-24-36-66(58-8,59-9)60-10)32-25-37-67(61-11,62-12)63-13)41(51)44-28-19-15-14-18-26-42-39(49)45(29-22-34-64(52-2,53-3)54-4)30-23-35-65(55-5,56-6)57-7/h14-37H2,1-13H3,(H,42,49)(H,43,50)(H,44,51). The molecule has 0 rings (SSSR count). The van der Waals surface area contributed by atoms with Crippen molar-refractivity contribution in [2.45, 2.75) is 108 Å². The normalized spacial score (nSPS) is 12.3. The van der Waals surface area contributed by atoms with E-state index in [2.05, 4.69) is 16.0 Å². The molecule has 0 aliphatic rings. The lowest BCUT2D eigenvalue weighted by Crippen LogP contribution is -2.46. The van der Waals surface area contributed by atoms with Crippen molar-refractivity contribution in [3.63, 3.8) is 0 Å². The van der Waals surface area contributed by atoms with Crippen molar-refractivity contribution in [2.24, 2.45) is 0 Å². The zero-order valence-corrected chi connectivity index (χ0v) is 47.3. The maximum absolute atomic E-state index is 13.3. The summed E-state index contributed by atoms with van der Waals surface area (Å²) in [5, 5.41) is 8.96. The van der Waals surface area contributed by atoms with Gasteiger partial charge >= 0.3 is 53.3 Å². The molecular weight excluding hydrogens is 945 g/mol. The molecule has 26 heteroatoms. The Morgan fingerprint density at radius 3 is 0.806 bits per heavy atom. The molecule has 0 aliphatic carbocycles. The second kappa shape index (κ2) is 37.7. The Kier molecular flexibility index (Phi) is 36.5. The smallest absolute Gasteiger partial charge is 0.377 e. The first-order chi connectivity index (χ1) is 32.1. The molecule has 0 spiro atoms. The summed E-state index contributed by atoms with van der Waals surface area (Å²) in [6, 6.07) is 1.50. The van der Waals surface area contributed by atoms with Gasteiger partial charge in [0.15, 0.2) is 0 Å². The third-order valence-corrected chi connectivity index (χ3v) is 23.1. The van der Waals surface area contributed by atoms with Gasteiger partial charge in [-0.1, -0.05) is 25.7 Å². The Morgan fingerprint density at radius 1 is 0.328 bits per heavy atom.